The second-order valence-electron chi connectivity index (χ2n) is 6.41. The van der Waals surface area contributed by atoms with Gasteiger partial charge in [-0.3, -0.25) is 4.90 Å². The van der Waals surface area contributed by atoms with Crippen molar-refractivity contribution in [2.24, 2.45) is 11.7 Å². The van der Waals surface area contributed by atoms with Crippen LogP contribution >= 0.6 is 15.9 Å². The average Bonchev–Trinajstić information content (AvgIpc) is 2.51. The Morgan fingerprint density at radius 3 is 2.81 bits per heavy atom. The summed E-state index contributed by atoms with van der Waals surface area (Å²) in [5.41, 5.74) is 6.80. The molecule has 0 aromatic heterocycles. The van der Waals surface area contributed by atoms with Crippen LogP contribution in [0.5, 0.6) is 0 Å². The molecule has 2 N–H and O–H groups in total. The monoisotopic (exact) mass is 354 g/mol. The fraction of sp³-hybridized carbons (Fsp3) is 0.647. The van der Waals surface area contributed by atoms with Crippen LogP contribution in [0.3, 0.4) is 0 Å². The molecule has 2 fully saturated rings. The Hall–Kier alpha value is -0.450. The number of nitrogens with two attached hydrogens (primary N) is 1. The Kier molecular flexibility index (Phi) is 4.97. The van der Waals surface area contributed by atoms with E-state index in [-0.39, 0.29) is 11.9 Å². The van der Waals surface area contributed by atoms with E-state index >= 15 is 0 Å². The molecule has 0 radical (unpaired) electrons. The topological polar surface area (TPSA) is 29.3 Å². The van der Waals surface area contributed by atoms with Crippen molar-refractivity contribution in [2.75, 3.05) is 13.1 Å². The lowest BCUT2D eigenvalue weighted by atomic mass is 9.77. The van der Waals surface area contributed by atoms with Gasteiger partial charge in [-0.25, -0.2) is 4.39 Å². The zero-order chi connectivity index (χ0) is 14.8. The van der Waals surface area contributed by atoms with Crippen LogP contribution in [0.4, 0.5) is 4.39 Å². The van der Waals surface area contributed by atoms with E-state index in [9.17, 15) is 4.39 Å². The molecule has 0 spiro atoms. The molecular formula is C17H24BrFN2. The number of benzene rings is 1. The molecule has 21 heavy (non-hydrogen) atoms. The lowest BCUT2D eigenvalue weighted by Gasteiger charge is -2.47. The average molecular weight is 355 g/mol. The van der Waals surface area contributed by atoms with Crippen molar-refractivity contribution in [3.8, 4) is 0 Å². The molecule has 0 amide bonds. The normalized spacial score (nSPS) is 28.1. The van der Waals surface area contributed by atoms with E-state index < -0.39 is 0 Å². The van der Waals surface area contributed by atoms with E-state index in [2.05, 4.69) is 20.8 Å². The fourth-order valence-electron chi connectivity index (χ4n) is 4.26. The van der Waals surface area contributed by atoms with Gasteiger partial charge >= 0.3 is 0 Å². The Balaban J connectivity index is 1.89. The standard InChI is InChI=1S/C17H24BrFN2/c18-13-7-8-15(19)14(10-13)17(11-20)21-9-3-5-12-4-1-2-6-16(12)21/h7-8,10,12,16-17H,1-6,9,11,20H2/t12-,16-,17?/m1/s1. The molecule has 3 rings (SSSR count). The van der Waals surface area contributed by atoms with E-state index in [4.69, 9.17) is 5.73 Å². The number of nitrogens with zero attached hydrogens (tertiary/aromatic N) is 1. The number of fused-ring (bicyclic) bond motifs is 1. The molecule has 1 saturated heterocycles. The van der Waals surface area contributed by atoms with Gasteiger partial charge in [-0.2, -0.15) is 0 Å². The first-order valence-corrected chi connectivity index (χ1v) is 8.90. The molecule has 1 aromatic carbocycles. The summed E-state index contributed by atoms with van der Waals surface area (Å²) in [4.78, 5) is 2.50. The van der Waals surface area contributed by atoms with Gasteiger partial charge in [0.05, 0.1) is 6.04 Å². The second kappa shape index (κ2) is 6.76. The molecule has 1 heterocycles. The molecule has 116 valence electrons. The SMILES string of the molecule is NCC(c1cc(Br)ccc1F)N1CCC[C@H]2CCCC[C@H]21. The number of piperidine rings is 1. The van der Waals surface area contributed by atoms with Crippen LogP contribution in [0.25, 0.3) is 0 Å². The summed E-state index contributed by atoms with van der Waals surface area (Å²) in [6.07, 6.45) is 7.78. The summed E-state index contributed by atoms with van der Waals surface area (Å²) in [6, 6.07) is 5.81. The highest BCUT2D eigenvalue weighted by molar-refractivity contribution is 9.10. The van der Waals surface area contributed by atoms with Crippen LogP contribution in [0.15, 0.2) is 22.7 Å². The number of likely N-dealkylation sites (tertiary alicyclic amines) is 1. The summed E-state index contributed by atoms with van der Waals surface area (Å²) >= 11 is 3.46. The summed E-state index contributed by atoms with van der Waals surface area (Å²) in [7, 11) is 0. The number of hydrogen-bond donors (Lipinski definition) is 1. The molecule has 2 aliphatic rings. The van der Waals surface area contributed by atoms with Gasteiger partial charge in [0.2, 0.25) is 0 Å². The first-order chi connectivity index (χ1) is 10.2. The predicted molar refractivity (Wildman–Crippen MR) is 87.6 cm³/mol. The van der Waals surface area contributed by atoms with Crippen molar-refractivity contribution in [2.45, 2.75) is 50.6 Å². The van der Waals surface area contributed by atoms with Gasteiger partial charge in [0.15, 0.2) is 0 Å². The lowest BCUT2D eigenvalue weighted by Crippen LogP contribution is -2.50. The highest BCUT2D eigenvalue weighted by atomic mass is 79.9. The maximum Gasteiger partial charge on any atom is 0.128 e. The van der Waals surface area contributed by atoms with Gasteiger partial charge < -0.3 is 5.73 Å². The van der Waals surface area contributed by atoms with Crippen molar-refractivity contribution in [1.29, 1.82) is 0 Å². The van der Waals surface area contributed by atoms with Gasteiger partial charge in [0.25, 0.3) is 0 Å². The van der Waals surface area contributed by atoms with Crippen LogP contribution in [0, 0.1) is 11.7 Å². The van der Waals surface area contributed by atoms with Crippen LogP contribution in [-0.4, -0.2) is 24.0 Å². The summed E-state index contributed by atoms with van der Waals surface area (Å²) in [6.45, 7) is 1.53. The summed E-state index contributed by atoms with van der Waals surface area (Å²) in [5.74, 6) is 0.656. The van der Waals surface area contributed by atoms with Crippen LogP contribution in [0.1, 0.15) is 50.1 Å². The van der Waals surface area contributed by atoms with Crippen molar-refractivity contribution in [1.82, 2.24) is 4.90 Å². The van der Waals surface area contributed by atoms with Crippen LogP contribution < -0.4 is 5.73 Å². The third-order valence-corrected chi connectivity index (χ3v) is 5.72. The predicted octanol–water partition coefficient (Wildman–Crippen LogP) is 4.24. The van der Waals surface area contributed by atoms with E-state index in [1.165, 1.54) is 38.5 Å². The number of halogens is 2. The first-order valence-electron chi connectivity index (χ1n) is 8.11. The first kappa shape index (κ1) is 15.4. The Labute approximate surface area is 135 Å². The molecular weight excluding hydrogens is 331 g/mol. The molecule has 4 heteroatoms. The van der Waals surface area contributed by atoms with Gasteiger partial charge in [0, 0.05) is 22.6 Å². The number of rotatable bonds is 3. The van der Waals surface area contributed by atoms with E-state index in [1.54, 1.807) is 12.1 Å². The van der Waals surface area contributed by atoms with Crippen molar-refractivity contribution >= 4 is 15.9 Å². The molecule has 2 nitrogen and oxygen atoms in total. The molecule has 1 aliphatic heterocycles. The minimum absolute atomic E-state index is 0.00778. The number of hydrogen-bond acceptors (Lipinski definition) is 2. The maximum atomic E-state index is 14.3. The van der Waals surface area contributed by atoms with Crippen LogP contribution in [-0.2, 0) is 0 Å². The zero-order valence-corrected chi connectivity index (χ0v) is 14.0. The Morgan fingerprint density at radius 2 is 2.00 bits per heavy atom. The quantitative estimate of drug-likeness (QED) is 0.879. The fourth-order valence-corrected chi connectivity index (χ4v) is 4.64. The second-order valence-corrected chi connectivity index (χ2v) is 7.32. The lowest BCUT2D eigenvalue weighted by molar-refractivity contribution is 0.0265. The molecule has 1 aromatic rings. The summed E-state index contributed by atoms with van der Waals surface area (Å²) in [5, 5.41) is 0. The highest BCUT2D eigenvalue weighted by Crippen LogP contribution is 2.39. The molecule has 1 unspecified atom stereocenters. The largest absolute Gasteiger partial charge is 0.329 e. The molecule has 0 bridgehead atoms. The third kappa shape index (κ3) is 3.17. The van der Waals surface area contributed by atoms with Crippen molar-refractivity contribution in [3.63, 3.8) is 0 Å². The van der Waals surface area contributed by atoms with Gasteiger partial charge in [0.1, 0.15) is 5.82 Å². The minimum atomic E-state index is -0.133. The maximum absolute atomic E-state index is 14.3. The van der Waals surface area contributed by atoms with Gasteiger partial charge in [-0.15, -0.1) is 0 Å². The molecule has 1 saturated carbocycles. The van der Waals surface area contributed by atoms with Crippen molar-refractivity contribution in [3.05, 3.63) is 34.1 Å². The zero-order valence-electron chi connectivity index (χ0n) is 12.4. The highest BCUT2D eigenvalue weighted by Gasteiger charge is 2.37. The minimum Gasteiger partial charge on any atom is -0.329 e. The van der Waals surface area contributed by atoms with Crippen molar-refractivity contribution < 1.29 is 4.39 Å². The van der Waals surface area contributed by atoms with Gasteiger partial charge in [-0.1, -0.05) is 28.8 Å². The van der Waals surface area contributed by atoms with Crippen LogP contribution in [0.2, 0.25) is 0 Å². The van der Waals surface area contributed by atoms with E-state index in [1.807, 2.05) is 6.07 Å². The van der Waals surface area contributed by atoms with E-state index in [0.29, 0.717) is 12.6 Å². The smallest absolute Gasteiger partial charge is 0.128 e. The van der Waals surface area contributed by atoms with E-state index in [0.717, 1.165) is 22.5 Å². The summed E-state index contributed by atoms with van der Waals surface area (Å²) < 4.78 is 15.2. The molecule has 3 atom stereocenters. The van der Waals surface area contributed by atoms with Gasteiger partial charge in [-0.05, 0) is 56.3 Å². The molecule has 1 aliphatic carbocycles. The Morgan fingerprint density at radius 1 is 1.24 bits per heavy atom. The third-order valence-electron chi connectivity index (χ3n) is 5.23. The Bertz CT molecular complexity index is 492.